The van der Waals surface area contributed by atoms with E-state index in [2.05, 4.69) is 10.2 Å². The fraction of sp³-hybridized carbons (Fsp3) is 0.200. The van der Waals surface area contributed by atoms with Crippen LogP contribution in [0.15, 0.2) is 48.7 Å². The van der Waals surface area contributed by atoms with E-state index in [1.54, 1.807) is 6.20 Å². The Morgan fingerprint density at radius 1 is 1.10 bits per heavy atom. The molecule has 0 saturated heterocycles. The molecule has 0 saturated carbocycles. The van der Waals surface area contributed by atoms with Crippen molar-refractivity contribution in [2.24, 2.45) is 12.8 Å². The molecular formula is C15H17N5. The molecule has 0 spiro atoms. The maximum Gasteiger partial charge on any atom is 0.0898 e. The third-order valence-corrected chi connectivity index (χ3v) is 3.35. The Kier molecular flexibility index (Phi) is 3.12. The predicted molar refractivity (Wildman–Crippen MR) is 77.5 cm³/mol. The highest BCUT2D eigenvalue weighted by molar-refractivity contribution is 5.35. The number of aromatic nitrogens is 4. The minimum absolute atomic E-state index is 0.260. The standard InChI is InChI=1S/C15H17N5/c1-11-10-14(19(2)18-11)15(16)13-8-9-17-20(13)12-6-4-3-5-7-12/h3-10,15H,16H2,1-2H3. The molecule has 3 rings (SSSR count). The third-order valence-electron chi connectivity index (χ3n) is 3.35. The van der Waals surface area contributed by atoms with Crippen LogP contribution in [0.1, 0.15) is 23.1 Å². The van der Waals surface area contributed by atoms with Crippen LogP contribution >= 0.6 is 0 Å². The summed E-state index contributed by atoms with van der Waals surface area (Å²) in [5, 5.41) is 8.73. The van der Waals surface area contributed by atoms with Crippen molar-refractivity contribution >= 4 is 0 Å². The van der Waals surface area contributed by atoms with Gasteiger partial charge in [0, 0.05) is 13.2 Å². The molecule has 2 heterocycles. The van der Waals surface area contributed by atoms with Crippen LogP contribution in [0.2, 0.25) is 0 Å². The van der Waals surface area contributed by atoms with Crippen LogP contribution in [0.25, 0.3) is 5.69 Å². The van der Waals surface area contributed by atoms with Crippen LogP contribution in [0.3, 0.4) is 0 Å². The van der Waals surface area contributed by atoms with Crippen molar-refractivity contribution in [2.75, 3.05) is 0 Å². The molecular weight excluding hydrogens is 250 g/mol. The lowest BCUT2D eigenvalue weighted by atomic mass is 10.1. The van der Waals surface area contributed by atoms with Crippen LogP contribution in [0.4, 0.5) is 0 Å². The van der Waals surface area contributed by atoms with E-state index in [-0.39, 0.29) is 6.04 Å². The third kappa shape index (κ3) is 2.12. The van der Waals surface area contributed by atoms with Crippen molar-refractivity contribution in [2.45, 2.75) is 13.0 Å². The second-order valence-electron chi connectivity index (χ2n) is 4.82. The molecule has 0 aliphatic rings. The first-order valence-electron chi connectivity index (χ1n) is 6.52. The molecule has 102 valence electrons. The van der Waals surface area contributed by atoms with E-state index in [1.807, 2.05) is 65.8 Å². The first kappa shape index (κ1) is 12.6. The van der Waals surface area contributed by atoms with Crippen LogP contribution < -0.4 is 5.73 Å². The zero-order chi connectivity index (χ0) is 14.1. The molecule has 3 aromatic rings. The molecule has 5 nitrogen and oxygen atoms in total. The van der Waals surface area contributed by atoms with Crippen LogP contribution in [-0.4, -0.2) is 19.6 Å². The number of nitrogens with two attached hydrogens (primary N) is 1. The van der Waals surface area contributed by atoms with Gasteiger partial charge in [-0.05, 0) is 31.2 Å². The summed E-state index contributed by atoms with van der Waals surface area (Å²) in [6, 6.07) is 13.7. The van der Waals surface area contributed by atoms with Crippen molar-refractivity contribution in [3.63, 3.8) is 0 Å². The van der Waals surface area contributed by atoms with Gasteiger partial charge < -0.3 is 5.73 Å². The molecule has 0 fully saturated rings. The fourth-order valence-corrected chi connectivity index (χ4v) is 2.41. The number of para-hydroxylation sites is 1. The molecule has 0 bridgehead atoms. The molecule has 0 amide bonds. The lowest BCUT2D eigenvalue weighted by Crippen LogP contribution is -2.19. The Morgan fingerprint density at radius 2 is 1.85 bits per heavy atom. The monoisotopic (exact) mass is 267 g/mol. The number of hydrogen-bond donors (Lipinski definition) is 1. The van der Waals surface area contributed by atoms with E-state index in [0.717, 1.165) is 22.8 Å². The summed E-state index contributed by atoms with van der Waals surface area (Å²) in [6.45, 7) is 1.96. The molecule has 20 heavy (non-hydrogen) atoms. The molecule has 0 radical (unpaired) electrons. The topological polar surface area (TPSA) is 61.7 Å². The predicted octanol–water partition coefficient (Wildman–Crippen LogP) is 1.96. The van der Waals surface area contributed by atoms with Gasteiger partial charge in [-0.15, -0.1) is 0 Å². The maximum absolute atomic E-state index is 6.39. The van der Waals surface area contributed by atoms with Crippen molar-refractivity contribution in [3.8, 4) is 5.69 Å². The lowest BCUT2D eigenvalue weighted by molar-refractivity contribution is 0.643. The van der Waals surface area contributed by atoms with Gasteiger partial charge in [0.1, 0.15) is 0 Å². The highest BCUT2D eigenvalue weighted by Gasteiger charge is 2.18. The van der Waals surface area contributed by atoms with Crippen LogP contribution in [0, 0.1) is 6.92 Å². The van der Waals surface area contributed by atoms with E-state index in [4.69, 9.17) is 5.73 Å². The van der Waals surface area contributed by atoms with E-state index < -0.39 is 0 Å². The van der Waals surface area contributed by atoms with Crippen molar-refractivity contribution in [1.82, 2.24) is 19.6 Å². The van der Waals surface area contributed by atoms with E-state index in [9.17, 15) is 0 Å². The van der Waals surface area contributed by atoms with Gasteiger partial charge in [0.15, 0.2) is 0 Å². The van der Waals surface area contributed by atoms with Gasteiger partial charge in [-0.25, -0.2) is 4.68 Å². The van der Waals surface area contributed by atoms with Gasteiger partial charge in [-0.1, -0.05) is 18.2 Å². The average Bonchev–Trinajstić information content (AvgIpc) is 3.05. The van der Waals surface area contributed by atoms with Crippen molar-refractivity contribution in [3.05, 3.63) is 65.7 Å². The number of benzene rings is 1. The van der Waals surface area contributed by atoms with E-state index in [1.165, 1.54) is 0 Å². The smallest absolute Gasteiger partial charge is 0.0898 e. The number of aryl methyl sites for hydroxylation is 2. The Hall–Kier alpha value is -2.40. The lowest BCUT2D eigenvalue weighted by Gasteiger charge is -2.14. The average molecular weight is 267 g/mol. The summed E-state index contributed by atoms with van der Waals surface area (Å²) in [5.74, 6) is 0. The number of hydrogen-bond acceptors (Lipinski definition) is 3. The summed E-state index contributed by atoms with van der Waals surface area (Å²) in [7, 11) is 1.91. The number of rotatable bonds is 3. The molecule has 1 unspecified atom stereocenters. The Morgan fingerprint density at radius 3 is 2.50 bits per heavy atom. The summed E-state index contributed by atoms with van der Waals surface area (Å²) < 4.78 is 3.69. The molecule has 1 atom stereocenters. The van der Waals surface area contributed by atoms with Gasteiger partial charge in [-0.3, -0.25) is 4.68 Å². The SMILES string of the molecule is Cc1cc(C(N)c2ccnn2-c2ccccc2)n(C)n1. The molecule has 0 aliphatic carbocycles. The first-order chi connectivity index (χ1) is 9.66. The van der Waals surface area contributed by atoms with Gasteiger partial charge in [0.2, 0.25) is 0 Å². The Balaban J connectivity index is 2.04. The van der Waals surface area contributed by atoms with Crippen LogP contribution in [-0.2, 0) is 7.05 Å². The highest BCUT2D eigenvalue weighted by Crippen LogP contribution is 2.22. The molecule has 2 N–H and O–H groups in total. The minimum atomic E-state index is -0.260. The van der Waals surface area contributed by atoms with Crippen LogP contribution in [0.5, 0.6) is 0 Å². The van der Waals surface area contributed by atoms with Gasteiger partial charge in [0.05, 0.1) is 28.8 Å². The van der Waals surface area contributed by atoms with Crippen molar-refractivity contribution < 1.29 is 0 Å². The first-order valence-corrected chi connectivity index (χ1v) is 6.52. The number of nitrogens with zero attached hydrogens (tertiary/aromatic N) is 4. The summed E-state index contributed by atoms with van der Waals surface area (Å²) >= 11 is 0. The van der Waals surface area contributed by atoms with E-state index >= 15 is 0 Å². The second-order valence-corrected chi connectivity index (χ2v) is 4.82. The Labute approximate surface area is 117 Å². The fourth-order valence-electron chi connectivity index (χ4n) is 2.41. The van der Waals surface area contributed by atoms with E-state index in [0.29, 0.717) is 0 Å². The second kappa shape index (κ2) is 4.94. The summed E-state index contributed by atoms with van der Waals surface area (Å²) in [5.41, 5.74) is 10.3. The summed E-state index contributed by atoms with van der Waals surface area (Å²) in [6.07, 6.45) is 1.77. The molecule has 5 heteroatoms. The highest BCUT2D eigenvalue weighted by atomic mass is 15.3. The zero-order valence-electron chi connectivity index (χ0n) is 11.6. The molecule has 1 aromatic carbocycles. The largest absolute Gasteiger partial charge is 0.318 e. The summed E-state index contributed by atoms with van der Waals surface area (Å²) in [4.78, 5) is 0. The van der Waals surface area contributed by atoms with Gasteiger partial charge >= 0.3 is 0 Å². The van der Waals surface area contributed by atoms with Crippen molar-refractivity contribution in [1.29, 1.82) is 0 Å². The molecule has 2 aromatic heterocycles. The minimum Gasteiger partial charge on any atom is -0.318 e. The quantitative estimate of drug-likeness (QED) is 0.789. The van der Waals surface area contributed by atoms with Gasteiger partial charge in [-0.2, -0.15) is 10.2 Å². The normalized spacial score (nSPS) is 12.6. The van der Waals surface area contributed by atoms with Gasteiger partial charge in [0.25, 0.3) is 0 Å². The zero-order valence-corrected chi connectivity index (χ0v) is 11.6. The Bertz CT molecular complexity index is 711. The molecule has 0 aliphatic heterocycles. The maximum atomic E-state index is 6.39.